The normalized spacial score (nSPS) is 10.4. The molecular formula is C19H19N3O3. The summed E-state index contributed by atoms with van der Waals surface area (Å²) in [6.07, 6.45) is 1.84. The molecule has 0 radical (unpaired) electrons. The van der Waals surface area contributed by atoms with Crippen molar-refractivity contribution >= 4 is 22.7 Å². The molecule has 2 amide bonds. The first-order valence-electron chi connectivity index (χ1n) is 7.93. The summed E-state index contributed by atoms with van der Waals surface area (Å²) in [5.41, 5.74) is 6.82. The Labute approximate surface area is 145 Å². The number of hydrazine groups is 1. The van der Waals surface area contributed by atoms with Crippen LogP contribution in [0.4, 0.5) is 0 Å². The zero-order valence-electron chi connectivity index (χ0n) is 13.9. The first-order valence-corrected chi connectivity index (χ1v) is 7.93. The van der Waals surface area contributed by atoms with E-state index in [2.05, 4.69) is 10.9 Å². The Morgan fingerprint density at radius 3 is 2.48 bits per heavy atom. The van der Waals surface area contributed by atoms with Gasteiger partial charge < -0.3 is 9.30 Å². The SMILES string of the molecule is Cc1ccc(OCC(=O)NNC(=O)Cn2ccc3ccccc32)cc1. The summed E-state index contributed by atoms with van der Waals surface area (Å²) >= 11 is 0. The van der Waals surface area contributed by atoms with Gasteiger partial charge in [0.15, 0.2) is 6.61 Å². The lowest BCUT2D eigenvalue weighted by Crippen LogP contribution is -2.45. The minimum Gasteiger partial charge on any atom is -0.484 e. The summed E-state index contributed by atoms with van der Waals surface area (Å²) in [5.74, 6) is -0.137. The summed E-state index contributed by atoms with van der Waals surface area (Å²) in [7, 11) is 0. The van der Waals surface area contributed by atoms with Crippen LogP contribution in [0.1, 0.15) is 5.56 Å². The third kappa shape index (κ3) is 4.38. The molecule has 3 rings (SSSR count). The number of aromatic nitrogens is 1. The van der Waals surface area contributed by atoms with Gasteiger partial charge >= 0.3 is 0 Å². The van der Waals surface area contributed by atoms with E-state index in [0.29, 0.717) is 5.75 Å². The molecule has 0 aliphatic carbocycles. The first kappa shape index (κ1) is 16.6. The zero-order chi connectivity index (χ0) is 17.6. The Kier molecular flexibility index (Phi) is 4.99. The molecule has 0 aliphatic heterocycles. The van der Waals surface area contributed by atoms with Crippen LogP contribution >= 0.6 is 0 Å². The van der Waals surface area contributed by atoms with Crippen LogP contribution in [0, 0.1) is 6.92 Å². The van der Waals surface area contributed by atoms with Gasteiger partial charge in [-0.1, -0.05) is 35.9 Å². The lowest BCUT2D eigenvalue weighted by atomic mass is 10.2. The van der Waals surface area contributed by atoms with Crippen molar-refractivity contribution in [1.29, 1.82) is 0 Å². The topological polar surface area (TPSA) is 72.4 Å². The van der Waals surface area contributed by atoms with Crippen LogP contribution in [0.25, 0.3) is 10.9 Å². The fourth-order valence-corrected chi connectivity index (χ4v) is 2.43. The van der Waals surface area contributed by atoms with Crippen LogP contribution < -0.4 is 15.6 Å². The molecule has 0 aliphatic rings. The number of nitrogens with zero attached hydrogens (tertiary/aromatic N) is 1. The van der Waals surface area contributed by atoms with E-state index in [1.165, 1.54) is 0 Å². The second-order valence-electron chi connectivity index (χ2n) is 5.70. The van der Waals surface area contributed by atoms with E-state index >= 15 is 0 Å². The minimum absolute atomic E-state index is 0.118. The van der Waals surface area contributed by atoms with E-state index in [0.717, 1.165) is 16.5 Å². The number of para-hydroxylation sites is 1. The number of carbonyl (C=O) groups is 2. The molecule has 0 saturated heterocycles. The van der Waals surface area contributed by atoms with Gasteiger partial charge in [-0.15, -0.1) is 0 Å². The van der Waals surface area contributed by atoms with E-state index < -0.39 is 5.91 Å². The van der Waals surface area contributed by atoms with Crippen LogP contribution in [0.3, 0.4) is 0 Å². The van der Waals surface area contributed by atoms with Gasteiger partial charge in [-0.25, -0.2) is 0 Å². The van der Waals surface area contributed by atoms with E-state index in [1.54, 1.807) is 12.1 Å². The predicted octanol–water partition coefficient (Wildman–Crippen LogP) is 2.18. The predicted molar refractivity (Wildman–Crippen MR) is 94.9 cm³/mol. The molecule has 2 N–H and O–H groups in total. The van der Waals surface area contributed by atoms with Crippen molar-refractivity contribution in [2.24, 2.45) is 0 Å². The Morgan fingerprint density at radius 2 is 1.68 bits per heavy atom. The molecule has 128 valence electrons. The van der Waals surface area contributed by atoms with E-state index in [9.17, 15) is 9.59 Å². The van der Waals surface area contributed by atoms with Crippen molar-refractivity contribution in [3.05, 3.63) is 66.4 Å². The largest absolute Gasteiger partial charge is 0.484 e. The summed E-state index contributed by atoms with van der Waals surface area (Å²) < 4.78 is 7.17. The molecule has 6 heteroatoms. The lowest BCUT2D eigenvalue weighted by Gasteiger charge is -2.10. The van der Waals surface area contributed by atoms with Gasteiger partial charge in [0.05, 0.1) is 0 Å². The fourth-order valence-electron chi connectivity index (χ4n) is 2.43. The Morgan fingerprint density at radius 1 is 0.960 bits per heavy atom. The number of amides is 2. The summed E-state index contributed by atoms with van der Waals surface area (Å²) in [6.45, 7) is 1.92. The molecule has 0 atom stereocenters. The van der Waals surface area contributed by atoms with E-state index in [4.69, 9.17) is 4.74 Å². The van der Waals surface area contributed by atoms with Crippen molar-refractivity contribution in [1.82, 2.24) is 15.4 Å². The smallest absolute Gasteiger partial charge is 0.276 e. The molecule has 0 unspecified atom stereocenters. The van der Waals surface area contributed by atoms with Crippen LogP contribution in [0.2, 0.25) is 0 Å². The van der Waals surface area contributed by atoms with Gasteiger partial charge in [-0.2, -0.15) is 0 Å². The van der Waals surface area contributed by atoms with E-state index in [-0.39, 0.29) is 19.1 Å². The Bertz CT molecular complexity index is 884. The molecule has 0 spiro atoms. The van der Waals surface area contributed by atoms with Gasteiger partial charge in [0.2, 0.25) is 0 Å². The van der Waals surface area contributed by atoms with Crippen molar-refractivity contribution in [3.63, 3.8) is 0 Å². The van der Waals surface area contributed by atoms with Crippen LogP contribution in [-0.2, 0) is 16.1 Å². The summed E-state index contributed by atoms with van der Waals surface area (Å²) in [6, 6.07) is 17.1. The number of rotatable bonds is 5. The second kappa shape index (κ2) is 7.53. The molecular weight excluding hydrogens is 318 g/mol. The molecule has 0 fully saturated rings. The first-order chi connectivity index (χ1) is 12.1. The summed E-state index contributed by atoms with van der Waals surface area (Å²) in [5, 5.41) is 1.06. The van der Waals surface area contributed by atoms with Crippen molar-refractivity contribution in [2.45, 2.75) is 13.5 Å². The maximum atomic E-state index is 12.0. The van der Waals surface area contributed by atoms with Gasteiger partial charge in [0, 0.05) is 11.7 Å². The highest BCUT2D eigenvalue weighted by Crippen LogP contribution is 2.14. The zero-order valence-corrected chi connectivity index (χ0v) is 13.9. The molecule has 1 aromatic heterocycles. The van der Waals surface area contributed by atoms with Gasteiger partial charge in [0.1, 0.15) is 12.3 Å². The van der Waals surface area contributed by atoms with Gasteiger partial charge in [-0.3, -0.25) is 20.4 Å². The van der Waals surface area contributed by atoms with E-state index in [1.807, 2.05) is 60.2 Å². The Balaban J connectivity index is 1.45. The average molecular weight is 337 g/mol. The van der Waals surface area contributed by atoms with Crippen molar-refractivity contribution in [3.8, 4) is 5.75 Å². The standard InChI is InChI=1S/C19H19N3O3/c1-14-6-8-16(9-7-14)25-13-19(24)21-20-18(23)12-22-11-10-15-4-2-3-5-17(15)22/h2-11H,12-13H2,1H3,(H,20,23)(H,21,24). The molecule has 0 saturated carbocycles. The number of fused-ring (bicyclic) bond motifs is 1. The third-order valence-electron chi connectivity index (χ3n) is 3.73. The van der Waals surface area contributed by atoms with Crippen LogP contribution in [0.15, 0.2) is 60.8 Å². The van der Waals surface area contributed by atoms with Crippen LogP contribution in [-0.4, -0.2) is 23.0 Å². The number of carbonyl (C=O) groups excluding carboxylic acids is 2. The molecule has 1 heterocycles. The number of aryl methyl sites for hydroxylation is 1. The average Bonchev–Trinajstić information content (AvgIpc) is 3.02. The highest BCUT2D eigenvalue weighted by Gasteiger charge is 2.08. The number of hydrogen-bond donors (Lipinski definition) is 2. The molecule has 3 aromatic rings. The molecule has 0 bridgehead atoms. The van der Waals surface area contributed by atoms with Crippen molar-refractivity contribution < 1.29 is 14.3 Å². The van der Waals surface area contributed by atoms with Gasteiger partial charge in [0.25, 0.3) is 11.8 Å². The van der Waals surface area contributed by atoms with Crippen molar-refractivity contribution in [2.75, 3.05) is 6.61 Å². The number of benzene rings is 2. The maximum absolute atomic E-state index is 12.0. The molecule has 6 nitrogen and oxygen atoms in total. The highest BCUT2D eigenvalue weighted by atomic mass is 16.5. The van der Waals surface area contributed by atoms with Gasteiger partial charge in [-0.05, 0) is 36.6 Å². The lowest BCUT2D eigenvalue weighted by molar-refractivity contribution is -0.130. The number of ether oxygens (including phenoxy) is 1. The minimum atomic E-state index is -0.425. The Hall–Kier alpha value is -3.28. The monoisotopic (exact) mass is 337 g/mol. The van der Waals surface area contributed by atoms with Crippen LogP contribution in [0.5, 0.6) is 5.75 Å². The maximum Gasteiger partial charge on any atom is 0.276 e. The number of hydrogen-bond acceptors (Lipinski definition) is 3. The number of nitrogens with one attached hydrogen (secondary N) is 2. The quantitative estimate of drug-likeness (QED) is 0.701. The fraction of sp³-hybridized carbons (Fsp3) is 0.158. The third-order valence-corrected chi connectivity index (χ3v) is 3.73. The molecule has 25 heavy (non-hydrogen) atoms. The summed E-state index contributed by atoms with van der Waals surface area (Å²) in [4.78, 5) is 23.7. The highest BCUT2D eigenvalue weighted by molar-refractivity contribution is 5.85. The molecule has 2 aromatic carbocycles. The second-order valence-corrected chi connectivity index (χ2v) is 5.70.